The molecule has 1 unspecified atom stereocenters. The van der Waals surface area contributed by atoms with Crippen molar-refractivity contribution in [2.75, 3.05) is 26.2 Å². The molecule has 31 heavy (non-hydrogen) atoms. The van der Waals surface area contributed by atoms with Gasteiger partial charge in [0, 0.05) is 38.6 Å². The van der Waals surface area contributed by atoms with Gasteiger partial charge >= 0.3 is 0 Å². The van der Waals surface area contributed by atoms with Gasteiger partial charge in [0.05, 0.1) is 5.92 Å². The van der Waals surface area contributed by atoms with Gasteiger partial charge < -0.3 is 19.5 Å². The number of rotatable bonds is 6. The van der Waals surface area contributed by atoms with E-state index in [-0.39, 0.29) is 29.7 Å². The molecule has 2 saturated heterocycles. The number of benzene rings is 1. The van der Waals surface area contributed by atoms with Gasteiger partial charge in [-0.2, -0.15) is 0 Å². The summed E-state index contributed by atoms with van der Waals surface area (Å²) >= 11 is 0. The number of carbonyl (C=O) groups excluding carboxylic acids is 3. The highest BCUT2D eigenvalue weighted by molar-refractivity contribution is 5.92. The zero-order chi connectivity index (χ0) is 21.8. The van der Waals surface area contributed by atoms with Crippen LogP contribution in [-0.2, 0) is 16.0 Å². The fourth-order valence-corrected chi connectivity index (χ4v) is 4.38. The number of nitrogens with zero attached hydrogens (tertiary/aromatic N) is 2. The fraction of sp³-hybridized carbons (Fsp3) is 0.458. The lowest BCUT2D eigenvalue weighted by molar-refractivity contribution is -0.136. The molecule has 0 saturated carbocycles. The van der Waals surface area contributed by atoms with Crippen LogP contribution in [0.25, 0.3) is 0 Å². The number of hydrogen-bond donors (Lipinski definition) is 1. The van der Waals surface area contributed by atoms with Gasteiger partial charge in [0.2, 0.25) is 11.8 Å². The second kappa shape index (κ2) is 9.37. The van der Waals surface area contributed by atoms with Gasteiger partial charge in [-0.05, 0) is 43.9 Å². The molecule has 2 aliphatic heterocycles. The maximum absolute atomic E-state index is 13.0. The van der Waals surface area contributed by atoms with Gasteiger partial charge in [-0.25, -0.2) is 0 Å². The zero-order valence-electron chi connectivity index (χ0n) is 17.9. The monoisotopic (exact) mass is 423 g/mol. The largest absolute Gasteiger partial charge is 0.456 e. The Hall–Kier alpha value is -3.09. The highest BCUT2D eigenvalue weighted by atomic mass is 16.3. The zero-order valence-corrected chi connectivity index (χ0v) is 17.9. The lowest BCUT2D eigenvalue weighted by atomic mass is 10.0. The molecule has 7 heteroatoms. The summed E-state index contributed by atoms with van der Waals surface area (Å²) in [6.45, 7) is 4.13. The lowest BCUT2D eigenvalue weighted by Gasteiger charge is -2.33. The van der Waals surface area contributed by atoms with Gasteiger partial charge in [0.1, 0.15) is 5.76 Å². The van der Waals surface area contributed by atoms with Crippen LogP contribution < -0.4 is 5.32 Å². The van der Waals surface area contributed by atoms with Gasteiger partial charge in [0.15, 0.2) is 5.76 Å². The van der Waals surface area contributed by atoms with Crippen molar-refractivity contribution in [1.29, 1.82) is 0 Å². The molecule has 1 atom stereocenters. The Morgan fingerprint density at radius 1 is 1.10 bits per heavy atom. The molecule has 0 aliphatic carbocycles. The number of aryl methyl sites for hydroxylation is 1. The molecule has 2 aromatic rings. The SMILES string of the molecule is Cc1ccc(C(=O)NC2CCN(C(=O)C3CC(=O)N(CCc4ccccc4)C3)CC2)o1. The molecule has 3 heterocycles. The van der Waals surface area contributed by atoms with E-state index in [0.29, 0.717) is 57.0 Å². The first kappa shape index (κ1) is 21.2. The Balaban J connectivity index is 1.23. The summed E-state index contributed by atoms with van der Waals surface area (Å²) in [6, 6.07) is 13.5. The van der Waals surface area contributed by atoms with Crippen molar-refractivity contribution < 1.29 is 18.8 Å². The van der Waals surface area contributed by atoms with Crippen LogP contribution in [0, 0.1) is 12.8 Å². The van der Waals surface area contributed by atoms with E-state index in [0.717, 1.165) is 6.42 Å². The van der Waals surface area contributed by atoms with Crippen LogP contribution in [-0.4, -0.2) is 59.7 Å². The standard InChI is InChI=1S/C24H29N3O4/c1-17-7-8-21(31-17)23(29)25-20-10-13-26(14-11-20)24(30)19-15-22(28)27(16-19)12-9-18-5-3-2-4-6-18/h2-8,19-20H,9-16H2,1H3,(H,25,29). The van der Waals surface area contributed by atoms with Crippen molar-refractivity contribution in [3.8, 4) is 0 Å². The smallest absolute Gasteiger partial charge is 0.287 e. The van der Waals surface area contributed by atoms with Crippen LogP contribution in [0.1, 0.15) is 41.1 Å². The minimum Gasteiger partial charge on any atom is -0.456 e. The van der Waals surface area contributed by atoms with Crippen molar-refractivity contribution in [1.82, 2.24) is 15.1 Å². The third-order valence-electron chi connectivity index (χ3n) is 6.18. The van der Waals surface area contributed by atoms with Gasteiger partial charge in [0.25, 0.3) is 5.91 Å². The van der Waals surface area contributed by atoms with E-state index in [1.807, 2.05) is 28.0 Å². The normalized spacial score (nSPS) is 19.6. The first-order valence-corrected chi connectivity index (χ1v) is 11.0. The predicted octanol–water partition coefficient (Wildman–Crippen LogP) is 2.40. The molecule has 1 aromatic carbocycles. The topological polar surface area (TPSA) is 82.9 Å². The third kappa shape index (κ3) is 5.16. The minimum absolute atomic E-state index is 0.0227. The molecule has 3 amide bonds. The van der Waals surface area contributed by atoms with Crippen molar-refractivity contribution in [2.24, 2.45) is 5.92 Å². The Morgan fingerprint density at radius 2 is 1.84 bits per heavy atom. The van der Waals surface area contributed by atoms with E-state index >= 15 is 0 Å². The Kier molecular flexibility index (Phi) is 6.39. The first-order valence-electron chi connectivity index (χ1n) is 11.0. The van der Waals surface area contributed by atoms with Gasteiger partial charge in [-0.15, -0.1) is 0 Å². The van der Waals surface area contributed by atoms with E-state index in [9.17, 15) is 14.4 Å². The summed E-state index contributed by atoms with van der Waals surface area (Å²) in [5.74, 6) is 0.659. The van der Waals surface area contributed by atoms with Gasteiger partial charge in [-0.1, -0.05) is 30.3 Å². The number of nitrogens with one attached hydrogen (secondary N) is 1. The molecular formula is C24H29N3O4. The summed E-state index contributed by atoms with van der Waals surface area (Å²) in [4.78, 5) is 41.3. The van der Waals surface area contributed by atoms with Gasteiger partial charge in [-0.3, -0.25) is 14.4 Å². The molecule has 0 radical (unpaired) electrons. The van der Waals surface area contributed by atoms with Crippen LogP contribution in [0.5, 0.6) is 0 Å². The molecule has 1 aromatic heterocycles. The molecule has 0 bridgehead atoms. The van der Waals surface area contributed by atoms with Crippen LogP contribution in [0.3, 0.4) is 0 Å². The van der Waals surface area contributed by atoms with E-state index in [2.05, 4.69) is 17.4 Å². The molecule has 2 fully saturated rings. The highest BCUT2D eigenvalue weighted by Gasteiger charge is 2.37. The van der Waals surface area contributed by atoms with Crippen molar-refractivity contribution in [3.63, 3.8) is 0 Å². The second-order valence-electron chi connectivity index (χ2n) is 8.46. The van der Waals surface area contributed by atoms with Crippen molar-refractivity contribution in [2.45, 2.75) is 38.6 Å². The summed E-state index contributed by atoms with van der Waals surface area (Å²) in [5, 5.41) is 2.99. The second-order valence-corrected chi connectivity index (χ2v) is 8.46. The Morgan fingerprint density at radius 3 is 2.52 bits per heavy atom. The van der Waals surface area contributed by atoms with Crippen molar-refractivity contribution in [3.05, 3.63) is 59.5 Å². The molecule has 164 valence electrons. The lowest BCUT2D eigenvalue weighted by Crippen LogP contribution is -2.48. The summed E-state index contributed by atoms with van der Waals surface area (Å²) in [6.07, 6.45) is 2.50. The number of hydrogen-bond acceptors (Lipinski definition) is 4. The fourth-order valence-electron chi connectivity index (χ4n) is 4.38. The maximum Gasteiger partial charge on any atom is 0.287 e. The van der Waals surface area contributed by atoms with Crippen molar-refractivity contribution >= 4 is 17.7 Å². The van der Waals surface area contributed by atoms with Crippen LogP contribution in [0.2, 0.25) is 0 Å². The van der Waals surface area contributed by atoms with E-state index in [1.165, 1.54) is 5.56 Å². The third-order valence-corrected chi connectivity index (χ3v) is 6.18. The van der Waals surface area contributed by atoms with E-state index in [1.54, 1.807) is 19.1 Å². The van der Waals surface area contributed by atoms with Crippen LogP contribution in [0.4, 0.5) is 0 Å². The predicted molar refractivity (Wildman–Crippen MR) is 115 cm³/mol. The number of carbonyl (C=O) groups is 3. The van der Waals surface area contributed by atoms with E-state index < -0.39 is 0 Å². The summed E-state index contributed by atoms with van der Waals surface area (Å²) < 4.78 is 5.37. The highest BCUT2D eigenvalue weighted by Crippen LogP contribution is 2.23. The van der Waals surface area contributed by atoms with E-state index in [4.69, 9.17) is 4.42 Å². The number of piperidine rings is 1. The quantitative estimate of drug-likeness (QED) is 0.774. The summed E-state index contributed by atoms with van der Waals surface area (Å²) in [5.41, 5.74) is 1.19. The van der Waals surface area contributed by atoms with Crippen LogP contribution >= 0.6 is 0 Å². The molecule has 2 aliphatic rings. The number of amides is 3. The summed E-state index contributed by atoms with van der Waals surface area (Å²) in [7, 11) is 0. The maximum atomic E-state index is 13.0. The molecule has 7 nitrogen and oxygen atoms in total. The Bertz CT molecular complexity index is 931. The average molecular weight is 424 g/mol. The van der Waals surface area contributed by atoms with Crippen LogP contribution in [0.15, 0.2) is 46.9 Å². The Labute approximate surface area is 182 Å². The molecule has 1 N–H and O–H groups in total. The average Bonchev–Trinajstić information content (AvgIpc) is 3.38. The first-order chi connectivity index (χ1) is 15.0. The molecule has 0 spiro atoms. The molecular weight excluding hydrogens is 394 g/mol. The minimum atomic E-state index is -0.263. The molecule has 4 rings (SSSR count). The number of likely N-dealkylation sites (tertiary alicyclic amines) is 2. The number of furan rings is 1.